The third-order valence-corrected chi connectivity index (χ3v) is 10.2. The molecule has 0 aliphatic rings. The van der Waals surface area contributed by atoms with Gasteiger partial charge in [-0.1, -0.05) is 76.9 Å². The Bertz CT molecular complexity index is 2050. The van der Waals surface area contributed by atoms with Gasteiger partial charge in [0.05, 0.1) is 0 Å². The first kappa shape index (κ1) is 44.7. The van der Waals surface area contributed by atoms with Gasteiger partial charge in [-0.25, -0.2) is 12.1 Å². The van der Waals surface area contributed by atoms with Gasteiger partial charge in [0, 0.05) is 0 Å². The van der Waals surface area contributed by atoms with E-state index in [1.165, 1.54) is 32.7 Å². The Labute approximate surface area is 331 Å². The second-order valence-electron chi connectivity index (χ2n) is 15.2. The SMILES string of the molecule is CC(C)(C)c1ccc2[cH-]c3ccc(C(C)(C)C)cc3c2c1.FC(F)(F)c1cc([C](=[Zr+2])c2cc(C(F)(F)F)cc(C(F)(F)F)c2)cc(C(F)(F)F)c1.c1cc[cH-]c1. The molecule has 0 N–H and O–H groups in total. The zero-order valence-corrected chi connectivity index (χ0v) is 33.4. The van der Waals surface area contributed by atoms with Crippen LogP contribution in [-0.2, 0) is 59.8 Å². The molecule has 0 heterocycles. The average Bonchev–Trinajstić information content (AvgIpc) is 3.77. The van der Waals surface area contributed by atoms with E-state index in [9.17, 15) is 52.7 Å². The van der Waals surface area contributed by atoms with Crippen molar-refractivity contribution in [2.75, 3.05) is 0 Å². The van der Waals surface area contributed by atoms with Crippen molar-refractivity contribution >= 4 is 24.8 Å². The summed E-state index contributed by atoms with van der Waals surface area (Å²) in [7, 11) is 0. The Morgan fingerprint density at radius 3 is 0.964 bits per heavy atom. The topological polar surface area (TPSA) is 0 Å². The predicted molar refractivity (Wildman–Crippen MR) is 193 cm³/mol. The summed E-state index contributed by atoms with van der Waals surface area (Å²) in [6, 6.07) is 26.7. The van der Waals surface area contributed by atoms with Gasteiger partial charge in [0.1, 0.15) is 0 Å². The van der Waals surface area contributed by atoms with Crippen molar-refractivity contribution in [2.45, 2.75) is 77.1 Å². The van der Waals surface area contributed by atoms with Crippen molar-refractivity contribution < 1.29 is 76.9 Å². The number of hydrogen-bond acceptors (Lipinski definition) is 0. The van der Waals surface area contributed by atoms with E-state index in [4.69, 9.17) is 0 Å². The molecule has 0 nitrogen and oxygen atoms in total. The first-order chi connectivity index (χ1) is 25.5. The normalized spacial score (nSPS) is 12.9. The molecule has 0 saturated carbocycles. The first-order valence-corrected chi connectivity index (χ1v) is 18.2. The van der Waals surface area contributed by atoms with Gasteiger partial charge in [0.2, 0.25) is 0 Å². The van der Waals surface area contributed by atoms with Crippen molar-refractivity contribution in [3.63, 3.8) is 0 Å². The predicted octanol–water partition coefficient (Wildman–Crippen LogP) is 14.6. The van der Waals surface area contributed by atoms with E-state index in [-0.39, 0.29) is 71.5 Å². The zero-order valence-electron chi connectivity index (χ0n) is 30.9. The van der Waals surface area contributed by atoms with Crippen LogP contribution in [-0.4, -0.2) is 3.21 Å². The van der Waals surface area contributed by atoms with Crippen molar-refractivity contribution in [3.05, 3.63) is 154 Å². The van der Waals surface area contributed by atoms with Gasteiger partial charge in [-0.3, -0.25) is 0 Å². The minimum Gasteiger partial charge on any atom is -0.214 e. The maximum Gasteiger partial charge on any atom is -0.172 e. The fourth-order valence-corrected chi connectivity index (χ4v) is 6.33. The zero-order chi connectivity index (χ0) is 42.2. The Balaban J connectivity index is 0.000000230. The van der Waals surface area contributed by atoms with Crippen LogP contribution in [0.15, 0.2) is 109 Å². The number of hydrogen-bond donors (Lipinski definition) is 0. The summed E-state index contributed by atoms with van der Waals surface area (Å²) in [5.74, 6) is 0. The average molecular weight is 872 g/mol. The molecule has 0 bridgehead atoms. The Morgan fingerprint density at radius 1 is 0.429 bits per heavy atom. The quantitative estimate of drug-likeness (QED) is 0.120. The smallest absolute Gasteiger partial charge is 0.172 e. The standard InChI is InChI=1S/C21H25.C17H6F12.C5H5.Zr/c1-20(2,3)16-9-7-14-11-15-8-10-17(21(4,5)6)13-19(15)18(14)12-16;18-14(19,20)10-2-8(3-11(6-10)15(21,22)23)1-9-4-12(16(24,25)26)7-13(5-9)17(27,28)29;1-2-4-5-3-1;/h7-13H,1-6H3;2-7H;1-5H;/q-1;;-1;+2. The van der Waals surface area contributed by atoms with Crippen molar-refractivity contribution in [3.8, 4) is 0 Å². The van der Waals surface area contributed by atoms with Crippen molar-refractivity contribution in [2.24, 2.45) is 0 Å². The summed E-state index contributed by atoms with van der Waals surface area (Å²) in [6.45, 7) is 13.7. The molecule has 0 atom stereocenters. The number of halogens is 12. The molecule has 0 aromatic heterocycles. The molecule has 6 rings (SSSR count). The van der Waals surface area contributed by atoms with Crippen LogP contribution in [0.3, 0.4) is 0 Å². The van der Waals surface area contributed by atoms with Crippen LogP contribution in [0.5, 0.6) is 0 Å². The van der Waals surface area contributed by atoms with E-state index in [1.807, 2.05) is 30.3 Å². The third-order valence-electron chi connectivity index (χ3n) is 8.75. The van der Waals surface area contributed by atoms with Crippen LogP contribution in [0, 0.1) is 0 Å². The van der Waals surface area contributed by atoms with E-state index in [1.54, 1.807) is 0 Å². The molecule has 56 heavy (non-hydrogen) atoms. The van der Waals surface area contributed by atoms with Gasteiger partial charge >= 0.3 is 175 Å². The summed E-state index contributed by atoms with van der Waals surface area (Å²) in [5.41, 5.74) is -5.34. The molecule has 0 aliphatic carbocycles. The van der Waals surface area contributed by atoms with E-state index in [0.717, 1.165) is 0 Å². The Kier molecular flexibility index (Phi) is 12.9. The summed E-state index contributed by atoms with van der Waals surface area (Å²) in [4.78, 5) is 0. The Morgan fingerprint density at radius 2 is 0.732 bits per heavy atom. The largest absolute Gasteiger partial charge is 0.214 e. The van der Waals surface area contributed by atoms with Gasteiger partial charge in [-0.2, -0.15) is 18.2 Å². The molecule has 0 spiro atoms. The second-order valence-corrected chi connectivity index (χ2v) is 16.4. The molecule has 0 amide bonds. The fourth-order valence-electron chi connectivity index (χ4n) is 5.62. The minimum absolute atomic E-state index is 0.00108. The molecule has 0 unspecified atom stereocenters. The van der Waals surface area contributed by atoms with Crippen LogP contribution in [0.25, 0.3) is 21.5 Å². The maximum absolute atomic E-state index is 13.0. The van der Waals surface area contributed by atoms with Crippen LogP contribution < -0.4 is 0 Å². The van der Waals surface area contributed by atoms with Gasteiger partial charge in [-0.05, 0) is 10.8 Å². The molecule has 0 radical (unpaired) electrons. The van der Waals surface area contributed by atoms with Gasteiger partial charge in [-0.15, -0.1) is 39.7 Å². The summed E-state index contributed by atoms with van der Waals surface area (Å²) in [6.07, 6.45) is -20.9. The number of rotatable bonds is 2. The Hall–Kier alpha value is -3.99. The van der Waals surface area contributed by atoms with Crippen molar-refractivity contribution in [1.29, 1.82) is 0 Å². The molecular weight excluding hydrogens is 836 g/mol. The van der Waals surface area contributed by atoms with Crippen LogP contribution >= 0.6 is 0 Å². The molecule has 6 aromatic carbocycles. The molecular formula is C43H36F12Zr. The monoisotopic (exact) mass is 870 g/mol. The minimum atomic E-state index is -5.22. The van der Waals surface area contributed by atoms with E-state index < -0.39 is 61.3 Å². The van der Waals surface area contributed by atoms with Crippen molar-refractivity contribution in [1.82, 2.24) is 0 Å². The molecule has 0 fully saturated rings. The van der Waals surface area contributed by atoms with E-state index >= 15 is 0 Å². The first-order valence-electron chi connectivity index (χ1n) is 17.0. The van der Waals surface area contributed by atoms with Crippen LogP contribution in [0.4, 0.5) is 52.7 Å². The number of fused-ring (bicyclic) bond motifs is 3. The third kappa shape index (κ3) is 11.3. The van der Waals surface area contributed by atoms with Crippen LogP contribution in [0.1, 0.15) is 86.1 Å². The van der Waals surface area contributed by atoms with Gasteiger partial charge < -0.3 is 0 Å². The van der Waals surface area contributed by atoms with E-state index in [2.05, 4.69) is 84.0 Å². The number of alkyl halides is 12. The fraction of sp³-hybridized carbons (Fsp3) is 0.279. The summed E-state index contributed by atoms with van der Waals surface area (Å²) in [5, 5.41) is 5.49. The molecule has 0 aliphatic heterocycles. The summed E-state index contributed by atoms with van der Waals surface area (Å²) >= 11 is -0.00108. The van der Waals surface area contributed by atoms with Gasteiger partial charge in [0.15, 0.2) is 0 Å². The molecule has 13 heteroatoms. The van der Waals surface area contributed by atoms with Gasteiger partial charge in [0.25, 0.3) is 0 Å². The maximum atomic E-state index is 13.0. The van der Waals surface area contributed by atoms with E-state index in [0.29, 0.717) is 0 Å². The number of benzene rings is 4. The molecule has 296 valence electrons. The van der Waals surface area contributed by atoms with Crippen LogP contribution in [0.2, 0.25) is 0 Å². The second kappa shape index (κ2) is 16.1. The summed E-state index contributed by atoms with van der Waals surface area (Å²) < 4.78 is 155. The molecule has 0 saturated heterocycles. The molecule has 6 aromatic rings.